The summed E-state index contributed by atoms with van der Waals surface area (Å²) < 4.78 is 31.7. The Kier molecular flexibility index (Phi) is 9.16. The number of furan rings is 1. The molecule has 3 heterocycles. The highest BCUT2D eigenvalue weighted by Crippen LogP contribution is 2.45. The molecular formula is C31H30FN3O6S2. The van der Waals surface area contributed by atoms with Gasteiger partial charge in [0.2, 0.25) is 10.9 Å². The molecule has 4 aromatic rings. The highest BCUT2D eigenvalue weighted by molar-refractivity contribution is 8.00. The van der Waals surface area contributed by atoms with Crippen molar-refractivity contribution in [3.8, 4) is 11.5 Å². The van der Waals surface area contributed by atoms with Gasteiger partial charge in [-0.3, -0.25) is 14.5 Å². The second-order valence-corrected chi connectivity index (χ2v) is 12.4. The molecule has 0 fully saturated rings. The zero-order chi connectivity index (χ0) is 30.7. The first-order valence-corrected chi connectivity index (χ1v) is 15.4. The van der Waals surface area contributed by atoms with E-state index in [1.807, 2.05) is 0 Å². The molecule has 12 heteroatoms. The van der Waals surface area contributed by atoms with Gasteiger partial charge >= 0.3 is 0 Å². The minimum Gasteiger partial charge on any atom is -0.503 e. The number of carbonyl (C=O) groups is 2. The molecule has 1 aliphatic rings. The zero-order valence-corrected chi connectivity index (χ0v) is 25.6. The summed E-state index contributed by atoms with van der Waals surface area (Å²) >= 11 is 2.36. The molecule has 1 N–H and O–H groups in total. The summed E-state index contributed by atoms with van der Waals surface area (Å²) in [7, 11) is 1.50. The third kappa shape index (κ3) is 6.45. The van der Waals surface area contributed by atoms with Gasteiger partial charge in [0.05, 0.1) is 25.3 Å². The average Bonchev–Trinajstić information content (AvgIpc) is 3.70. The largest absolute Gasteiger partial charge is 0.503 e. The Hall–Kier alpha value is -4.16. The number of aliphatic hydroxyl groups is 1. The van der Waals surface area contributed by atoms with Crippen LogP contribution in [0.15, 0.2) is 74.7 Å². The number of anilines is 1. The van der Waals surface area contributed by atoms with Crippen LogP contribution in [0.1, 0.15) is 53.8 Å². The fourth-order valence-corrected chi connectivity index (χ4v) is 6.38. The van der Waals surface area contributed by atoms with Crippen LogP contribution in [-0.2, 0) is 10.5 Å². The van der Waals surface area contributed by atoms with Crippen molar-refractivity contribution in [1.82, 2.24) is 10.2 Å². The van der Waals surface area contributed by atoms with E-state index in [2.05, 4.69) is 24.0 Å². The number of carbonyl (C=O) groups excluding carboxylic acids is 2. The van der Waals surface area contributed by atoms with Crippen LogP contribution >= 0.6 is 23.1 Å². The molecule has 0 bridgehead atoms. The van der Waals surface area contributed by atoms with E-state index < -0.39 is 23.5 Å². The number of aliphatic hydroxyl groups excluding tert-OH is 1. The number of aryl methyl sites for hydroxylation is 1. The molecule has 0 aliphatic carbocycles. The smallest absolute Gasteiger partial charge is 0.296 e. The van der Waals surface area contributed by atoms with E-state index >= 15 is 0 Å². The molecule has 2 aromatic heterocycles. The van der Waals surface area contributed by atoms with Crippen molar-refractivity contribution >= 4 is 39.9 Å². The van der Waals surface area contributed by atoms with Crippen LogP contribution in [0, 0.1) is 18.7 Å². The van der Waals surface area contributed by atoms with Crippen LogP contribution < -0.4 is 14.4 Å². The van der Waals surface area contributed by atoms with Crippen LogP contribution in [0.5, 0.6) is 11.5 Å². The summed E-state index contributed by atoms with van der Waals surface area (Å²) in [5.74, 6) is -0.329. The van der Waals surface area contributed by atoms with Crippen molar-refractivity contribution < 1.29 is 33.0 Å². The Balaban J connectivity index is 1.51. The third-order valence-corrected chi connectivity index (χ3v) is 8.89. The van der Waals surface area contributed by atoms with Gasteiger partial charge in [-0.05, 0) is 60.7 Å². The topological polar surface area (TPSA) is 115 Å². The monoisotopic (exact) mass is 623 g/mol. The maximum absolute atomic E-state index is 14.1. The second-order valence-electron chi connectivity index (χ2n) is 10.3. The average molecular weight is 624 g/mol. The molecule has 0 saturated heterocycles. The molecule has 43 heavy (non-hydrogen) atoms. The van der Waals surface area contributed by atoms with Crippen LogP contribution in [0.2, 0.25) is 0 Å². The number of rotatable bonds is 12. The molecule has 0 spiro atoms. The Bertz CT molecular complexity index is 1680. The summed E-state index contributed by atoms with van der Waals surface area (Å²) in [6, 6.07) is 13.6. The molecule has 1 amide bonds. The van der Waals surface area contributed by atoms with Crippen LogP contribution in [0.4, 0.5) is 9.52 Å². The highest BCUT2D eigenvalue weighted by Gasteiger charge is 2.47. The van der Waals surface area contributed by atoms with Crippen LogP contribution in [-0.4, -0.2) is 40.7 Å². The molecule has 5 rings (SSSR count). The SMILES string of the molecule is COc1cc(C2C(C(=O)c3ccc(C)o3)=C(O)C(=O)N2c2nnc(SCc3ccccc3F)s2)ccc1OCCC(C)C. The van der Waals surface area contributed by atoms with Crippen molar-refractivity contribution in [3.63, 3.8) is 0 Å². The van der Waals surface area contributed by atoms with Gasteiger partial charge in [0.15, 0.2) is 27.4 Å². The predicted molar refractivity (Wildman–Crippen MR) is 161 cm³/mol. The molecule has 224 valence electrons. The molecule has 1 atom stereocenters. The summed E-state index contributed by atoms with van der Waals surface area (Å²) in [6.45, 7) is 6.39. The quantitative estimate of drug-likeness (QED) is 0.100. The maximum Gasteiger partial charge on any atom is 0.296 e. The van der Waals surface area contributed by atoms with Crippen molar-refractivity contribution in [3.05, 3.63) is 94.4 Å². The van der Waals surface area contributed by atoms with Gasteiger partial charge in [-0.25, -0.2) is 4.39 Å². The normalized spacial score (nSPS) is 15.1. The van der Waals surface area contributed by atoms with Crippen LogP contribution in [0.3, 0.4) is 0 Å². The molecule has 9 nitrogen and oxygen atoms in total. The van der Waals surface area contributed by atoms with E-state index in [1.165, 1.54) is 35.9 Å². The van der Waals surface area contributed by atoms with Crippen molar-refractivity contribution in [2.75, 3.05) is 18.6 Å². The number of hydrogen-bond acceptors (Lipinski definition) is 10. The number of thioether (sulfide) groups is 1. The minimum absolute atomic E-state index is 0.0160. The first-order chi connectivity index (χ1) is 20.7. The number of ketones is 1. The van der Waals surface area contributed by atoms with Crippen molar-refractivity contribution in [2.45, 2.75) is 43.3 Å². The summed E-state index contributed by atoms with van der Waals surface area (Å²) in [5, 5.41) is 19.6. The summed E-state index contributed by atoms with van der Waals surface area (Å²) in [6.07, 6.45) is 0.849. The van der Waals surface area contributed by atoms with Crippen molar-refractivity contribution in [2.24, 2.45) is 5.92 Å². The van der Waals surface area contributed by atoms with E-state index in [9.17, 15) is 19.1 Å². The van der Waals surface area contributed by atoms with E-state index in [4.69, 9.17) is 13.9 Å². The van der Waals surface area contributed by atoms with Gasteiger partial charge in [-0.1, -0.05) is 61.2 Å². The van der Waals surface area contributed by atoms with Gasteiger partial charge in [0, 0.05) is 5.75 Å². The number of hydrogen-bond donors (Lipinski definition) is 1. The number of nitrogens with zero attached hydrogens (tertiary/aromatic N) is 3. The number of methoxy groups -OCH3 is 1. The Labute approximate surface area is 256 Å². The van der Waals surface area contributed by atoms with E-state index in [0.29, 0.717) is 51.0 Å². The maximum atomic E-state index is 14.1. The standard InChI is InChI=1S/C31H30FN3O6S2/c1-17(2)13-14-40-22-12-10-19(15-24(22)39-4)26-25(27(36)23-11-9-18(3)41-23)28(37)29(38)35(26)30-33-34-31(43-30)42-16-20-7-5-6-8-21(20)32/h5-12,15,17,26,37H,13-14,16H2,1-4H3. The lowest BCUT2D eigenvalue weighted by molar-refractivity contribution is -0.117. The molecule has 1 unspecified atom stereocenters. The first kappa shape index (κ1) is 30.3. The van der Waals surface area contributed by atoms with Crippen LogP contribution in [0.25, 0.3) is 0 Å². The lowest BCUT2D eigenvalue weighted by Crippen LogP contribution is -2.31. The summed E-state index contributed by atoms with van der Waals surface area (Å²) in [5.41, 5.74) is 0.821. The Morgan fingerprint density at radius 1 is 1.16 bits per heavy atom. The third-order valence-electron chi connectivity index (χ3n) is 6.78. The Morgan fingerprint density at radius 2 is 1.95 bits per heavy atom. The van der Waals surface area contributed by atoms with Gasteiger partial charge in [-0.15, -0.1) is 10.2 Å². The van der Waals surface area contributed by atoms with Gasteiger partial charge in [0.1, 0.15) is 11.6 Å². The minimum atomic E-state index is -1.07. The van der Waals surface area contributed by atoms with E-state index in [-0.39, 0.29) is 22.3 Å². The van der Waals surface area contributed by atoms with Gasteiger partial charge in [-0.2, -0.15) is 0 Å². The number of amides is 1. The lowest BCUT2D eigenvalue weighted by Gasteiger charge is -2.24. The van der Waals surface area contributed by atoms with Crippen molar-refractivity contribution in [1.29, 1.82) is 0 Å². The number of halogens is 1. The number of Topliss-reactive ketones (excluding diaryl/α,β-unsaturated/α-hetero) is 1. The Morgan fingerprint density at radius 3 is 2.65 bits per heavy atom. The number of benzene rings is 2. The zero-order valence-electron chi connectivity index (χ0n) is 24.0. The first-order valence-electron chi connectivity index (χ1n) is 13.6. The lowest BCUT2D eigenvalue weighted by atomic mass is 9.95. The highest BCUT2D eigenvalue weighted by atomic mass is 32.2. The number of aromatic nitrogens is 2. The van der Waals surface area contributed by atoms with E-state index in [1.54, 1.807) is 49.4 Å². The molecule has 0 radical (unpaired) electrons. The fourth-order valence-electron chi connectivity index (χ4n) is 4.53. The fraction of sp³-hybridized carbons (Fsp3) is 0.290. The predicted octanol–water partition coefficient (Wildman–Crippen LogP) is 7.09. The molecule has 0 saturated carbocycles. The van der Waals surface area contributed by atoms with Gasteiger partial charge < -0.3 is 19.0 Å². The second kappa shape index (κ2) is 13.0. The summed E-state index contributed by atoms with van der Waals surface area (Å²) in [4.78, 5) is 28.5. The molecular weight excluding hydrogens is 593 g/mol. The molecule has 1 aliphatic heterocycles. The van der Waals surface area contributed by atoms with Gasteiger partial charge in [0.25, 0.3) is 5.91 Å². The molecule has 2 aromatic carbocycles. The number of ether oxygens (including phenoxy) is 2. The van der Waals surface area contributed by atoms with E-state index in [0.717, 1.165) is 17.8 Å².